The molecule has 0 aliphatic rings. The zero-order valence-corrected chi connectivity index (χ0v) is 11.9. The highest BCUT2D eigenvalue weighted by Gasteiger charge is 2.19. The maximum Gasteiger partial charge on any atom is 0.0790 e. The largest absolute Gasteiger partial charge is 0.393 e. The second kappa shape index (κ2) is 8.53. The minimum absolute atomic E-state index is 0.143. The lowest BCUT2D eigenvalue weighted by atomic mass is 9.99. The first kappa shape index (κ1) is 15.5. The predicted octanol–water partition coefficient (Wildman–Crippen LogP) is 3.20. The molecular weight excluding hydrogens is 246 g/mol. The summed E-state index contributed by atoms with van der Waals surface area (Å²) in [5.41, 5.74) is 1.23. The van der Waals surface area contributed by atoms with Crippen LogP contribution in [0.1, 0.15) is 31.7 Å². The molecule has 102 valence electrons. The monoisotopic (exact) mass is 269 g/mol. The van der Waals surface area contributed by atoms with Gasteiger partial charge in [-0.2, -0.15) is 0 Å². The van der Waals surface area contributed by atoms with Gasteiger partial charge in [0.1, 0.15) is 0 Å². The predicted molar refractivity (Wildman–Crippen MR) is 77.4 cm³/mol. The van der Waals surface area contributed by atoms with Crippen LogP contribution in [-0.4, -0.2) is 33.2 Å². The highest BCUT2D eigenvalue weighted by Crippen LogP contribution is 2.19. The zero-order valence-electron chi connectivity index (χ0n) is 11.1. The van der Waals surface area contributed by atoms with E-state index >= 15 is 0 Å². The number of aliphatic hydroxyl groups excluding tert-OH is 1. The molecule has 18 heavy (non-hydrogen) atoms. The van der Waals surface area contributed by atoms with E-state index in [1.807, 2.05) is 29.6 Å². The third kappa shape index (κ3) is 5.40. The summed E-state index contributed by atoms with van der Waals surface area (Å²) in [6.07, 6.45) is 3.03. The number of hydrogen-bond donors (Lipinski definition) is 2. The van der Waals surface area contributed by atoms with Crippen molar-refractivity contribution in [2.24, 2.45) is 0 Å². The summed E-state index contributed by atoms with van der Waals surface area (Å²) in [7, 11) is 1.86. The minimum atomic E-state index is -0.293. The molecular formula is C14H23NO2S. The topological polar surface area (TPSA) is 43.7 Å². The van der Waals surface area contributed by atoms with Crippen molar-refractivity contribution in [1.82, 2.24) is 4.31 Å². The molecule has 1 aromatic carbocycles. The van der Waals surface area contributed by atoms with E-state index in [0.717, 1.165) is 31.5 Å². The van der Waals surface area contributed by atoms with Gasteiger partial charge in [-0.3, -0.25) is 0 Å². The van der Waals surface area contributed by atoms with Crippen molar-refractivity contribution >= 4 is 12.2 Å². The van der Waals surface area contributed by atoms with E-state index in [1.165, 1.54) is 5.56 Å². The molecule has 2 atom stereocenters. The van der Waals surface area contributed by atoms with Gasteiger partial charge in [-0.15, -0.1) is 0 Å². The van der Waals surface area contributed by atoms with E-state index in [2.05, 4.69) is 19.1 Å². The van der Waals surface area contributed by atoms with Gasteiger partial charge in [0.05, 0.1) is 18.3 Å². The van der Waals surface area contributed by atoms with E-state index in [0.29, 0.717) is 6.42 Å². The maximum atomic E-state index is 9.92. The van der Waals surface area contributed by atoms with Crippen LogP contribution in [0.5, 0.6) is 0 Å². The fraction of sp³-hybridized carbons (Fsp3) is 0.571. The molecule has 0 radical (unpaired) electrons. The third-order valence-corrected chi connectivity index (χ3v) is 3.68. The molecule has 2 N–H and O–H groups in total. The molecule has 0 bridgehead atoms. The van der Waals surface area contributed by atoms with Gasteiger partial charge < -0.3 is 9.66 Å². The number of benzene rings is 1. The van der Waals surface area contributed by atoms with Gasteiger partial charge in [0.25, 0.3) is 0 Å². The molecule has 0 saturated heterocycles. The van der Waals surface area contributed by atoms with Gasteiger partial charge in [0.2, 0.25) is 0 Å². The Morgan fingerprint density at radius 1 is 1.28 bits per heavy atom. The molecule has 1 aromatic rings. The smallest absolute Gasteiger partial charge is 0.0790 e. The normalized spacial score (nSPS) is 14.7. The molecule has 0 saturated carbocycles. The van der Waals surface area contributed by atoms with E-state index < -0.39 is 0 Å². The Hall–Kier alpha value is -0.550. The lowest BCUT2D eigenvalue weighted by Gasteiger charge is -2.26. The summed E-state index contributed by atoms with van der Waals surface area (Å²) in [6, 6.07) is 10.3. The molecule has 0 aromatic heterocycles. The minimum Gasteiger partial charge on any atom is -0.393 e. The molecule has 1 rings (SSSR count). The molecule has 0 spiro atoms. The van der Waals surface area contributed by atoms with Crippen LogP contribution in [-0.2, 0) is 6.42 Å². The first-order chi connectivity index (χ1) is 8.67. The lowest BCUT2D eigenvalue weighted by Crippen LogP contribution is -2.32. The Labute approximate surface area is 114 Å². The summed E-state index contributed by atoms with van der Waals surface area (Å²) in [5.74, 6) is 0. The van der Waals surface area contributed by atoms with Crippen LogP contribution in [0.25, 0.3) is 0 Å². The first-order valence-electron chi connectivity index (χ1n) is 6.43. The molecule has 0 aliphatic carbocycles. The molecule has 0 aliphatic heterocycles. The molecule has 0 heterocycles. The number of aliphatic hydroxyl groups is 1. The van der Waals surface area contributed by atoms with Crippen molar-refractivity contribution in [3.63, 3.8) is 0 Å². The first-order valence-corrected chi connectivity index (χ1v) is 7.16. The Morgan fingerprint density at radius 3 is 2.50 bits per heavy atom. The quantitative estimate of drug-likeness (QED) is 0.562. The Morgan fingerprint density at radius 2 is 1.94 bits per heavy atom. The van der Waals surface area contributed by atoms with Gasteiger partial charge in [0, 0.05) is 6.04 Å². The molecule has 4 heteroatoms. The summed E-state index contributed by atoms with van der Waals surface area (Å²) < 4.78 is 11.0. The maximum absolute atomic E-state index is 9.92. The summed E-state index contributed by atoms with van der Waals surface area (Å²) in [5, 5.41) is 9.92. The van der Waals surface area contributed by atoms with Gasteiger partial charge in [-0.05, 0) is 31.9 Å². The second-order valence-electron chi connectivity index (χ2n) is 4.65. The van der Waals surface area contributed by atoms with Crippen molar-refractivity contribution in [2.75, 3.05) is 7.05 Å². The van der Waals surface area contributed by atoms with Gasteiger partial charge in [-0.25, -0.2) is 4.31 Å². The average molecular weight is 269 g/mol. The fourth-order valence-corrected chi connectivity index (χ4v) is 2.37. The standard InChI is InChI=1S/C14H23NO2S/c1-3-7-14(16)11-13(15(2)18-17)10-12-8-5-4-6-9-12/h4-6,8-9,13-14,16-17H,3,7,10-11H2,1-2H3/t13-,14?/m0/s1. The number of hydrogen-bond acceptors (Lipinski definition) is 4. The zero-order chi connectivity index (χ0) is 13.4. The Balaban J connectivity index is 2.61. The van der Waals surface area contributed by atoms with Gasteiger partial charge in [0.15, 0.2) is 0 Å². The molecule has 1 unspecified atom stereocenters. The lowest BCUT2D eigenvalue weighted by molar-refractivity contribution is 0.128. The van der Waals surface area contributed by atoms with Crippen LogP contribution in [0.3, 0.4) is 0 Å². The van der Waals surface area contributed by atoms with Crippen LogP contribution in [0.2, 0.25) is 0 Å². The molecule has 0 amide bonds. The van der Waals surface area contributed by atoms with Crippen molar-refractivity contribution in [3.8, 4) is 0 Å². The Kier molecular flexibility index (Phi) is 7.35. The number of nitrogens with zero attached hydrogens (tertiary/aromatic N) is 1. The van der Waals surface area contributed by atoms with Gasteiger partial charge in [-0.1, -0.05) is 43.7 Å². The van der Waals surface area contributed by atoms with Crippen LogP contribution in [0, 0.1) is 0 Å². The van der Waals surface area contributed by atoms with Gasteiger partial charge >= 0.3 is 0 Å². The van der Waals surface area contributed by atoms with Crippen LogP contribution in [0.15, 0.2) is 30.3 Å². The van der Waals surface area contributed by atoms with Crippen LogP contribution in [0.4, 0.5) is 0 Å². The second-order valence-corrected chi connectivity index (χ2v) is 5.39. The Bertz CT molecular complexity index is 321. The van der Waals surface area contributed by atoms with Crippen molar-refractivity contribution in [2.45, 2.75) is 44.8 Å². The summed E-state index contributed by atoms with van der Waals surface area (Å²) in [6.45, 7) is 2.07. The summed E-state index contributed by atoms with van der Waals surface area (Å²) in [4.78, 5) is 0. The average Bonchev–Trinajstić information content (AvgIpc) is 2.38. The number of likely N-dealkylation sites (N-methyl/N-ethyl adjacent to an activating group) is 1. The molecule has 3 nitrogen and oxygen atoms in total. The highest BCUT2D eigenvalue weighted by molar-refractivity contribution is 7.91. The van der Waals surface area contributed by atoms with Crippen LogP contribution >= 0.6 is 12.2 Å². The van der Waals surface area contributed by atoms with E-state index in [1.54, 1.807) is 0 Å². The third-order valence-electron chi connectivity index (χ3n) is 3.12. The molecule has 0 fully saturated rings. The highest BCUT2D eigenvalue weighted by atomic mass is 32.2. The van der Waals surface area contributed by atoms with E-state index in [4.69, 9.17) is 0 Å². The van der Waals surface area contributed by atoms with Crippen molar-refractivity contribution in [1.29, 1.82) is 0 Å². The summed E-state index contributed by atoms with van der Waals surface area (Å²) >= 11 is 0.734. The fourth-order valence-electron chi connectivity index (χ4n) is 2.08. The SMILES string of the molecule is CCCC(O)C[C@H](Cc1ccccc1)N(C)SO. The van der Waals surface area contributed by atoms with E-state index in [-0.39, 0.29) is 12.1 Å². The number of rotatable bonds is 8. The van der Waals surface area contributed by atoms with Crippen molar-refractivity contribution in [3.05, 3.63) is 35.9 Å². The van der Waals surface area contributed by atoms with E-state index in [9.17, 15) is 9.66 Å². The van der Waals surface area contributed by atoms with Crippen LogP contribution < -0.4 is 0 Å². The van der Waals surface area contributed by atoms with Crippen molar-refractivity contribution < 1.29 is 9.66 Å².